The summed E-state index contributed by atoms with van der Waals surface area (Å²) in [5, 5.41) is 2.82. The Balaban J connectivity index is 2.30. The molecule has 10 heteroatoms. The number of anilines is 1. The molecule has 0 aliphatic rings. The Labute approximate surface area is 172 Å². The third-order valence-electron chi connectivity index (χ3n) is 4.02. The second-order valence-electron chi connectivity index (χ2n) is 6.51. The van der Waals surface area contributed by atoms with Crippen LogP contribution in [0, 0.1) is 0 Å². The van der Waals surface area contributed by atoms with Crippen LogP contribution in [0.5, 0.6) is 0 Å². The van der Waals surface area contributed by atoms with E-state index in [1.807, 2.05) is 6.92 Å². The van der Waals surface area contributed by atoms with Gasteiger partial charge in [-0.05, 0) is 42.3 Å². The van der Waals surface area contributed by atoms with Crippen LogP contribution in [-0.4, -0.2) is 20.6 Å². The van der Waals surface area contributed by atoms with Crippen molar-refractivity contribution in [3.8, 4) is 0 Å². The molecule has 29 heavy (non-hydrogen) atoms. The van der Waals surface area contributed by atoms with Crippen LogP contribution >= 0.6 is 11.6 Å². The molecule has 5 nitrogen and oxygen atoms in total. The van der Waals surface area contributed by atoms with Crippen molar-refractivity contribution in [3.63, 3.8) is 0 Å². The summed E-state index contributed by atoms with van der Waals surface area (Å²) in [6.45, 7) is 1.85. The highest BCUT2D eigenvalue weighted by Crippen LogP contribution is 2.32. The Morgan fingerprint density at radius 2 is 1.86 bits per heavy atom. The van der Waals surface area contributed by atoms with E-state index in [0.717, 1.165) is 18.4 Å². The predicted molar refractivity (Wildman–Crippen MR) is 106 cm³/mol. The van der Waals surface area contributed by atoms with Gasteiger partial charge in [0.1, 0.15) is 0 Å². The van der Waals surface area contributed by atoms with E-state index in [1.54, 1.807) is 0 Å². The summed E-state index contributed by atoms with van der Waals surface area (Å²) in [7, 11) is -3.61. The fraction of sp³-hybridized carbons (Fsp3) is 0.316. The fourth-order valence-corrected chi connectivity index (χ4v) is 3.52. The second-order valence-corrected chi connectivity index (χ2v) is 8.66. The largest absolute Gasteiger partial charge is 0.416 e. The highest BCUT2D eigenvalue weighted by Gasteiger charge is 2.31. The van der Waals surface area contributed by atoms with Gasteiger partial charge in [-0.15, -0.1) is 0 Å². The van der Waals surface area contributed by atoms with Crippen LogP contribution in [0.4, 0.5) is 18.9 Å². The third kappa shape index (κ3) is 6.64. The molecule has 0 heterocycles. The molecule has 0 fully saturated rings. The maximum Gasteiger partial charge on any atom is 0.416 e. The fourth-order valence-electron chi connectivity index (χ4n) is 2.73. The van der Waals surface area contributed by atoms with Crippen molar-refractivity contribution < 1.29 is 26.4 Å². The minimum absolute atomic E-state index is 0.0351. The summed E-state index contributed by atoms with van der Waals surface area (Å²) in [4.78, 5) is 12.7. The maximum atomic E-state index is 13.0. The number of benzene rings is 2. The Hall–Kier alpha value is -2.26. The molecule has 1 amide bonds. The molecule has 2 rings (SSSR count). The monoisotopic (exact) mass is 448 g/mol. The van der Waals surface area contributed by atoms with Gasteiger partial charge in [0.2, 0.25) is 10.0 Å². The first kappa shape index (κ1) is 23.0. The Bertz CT molecular complexity index is 994. The van der Waals surface area contributed by atoms with Crippen molar-refractivity contribution in [3.05, 3.63) is 64.2 Å². The number of alkyl halides is 3. The molecule has 0 saturated heterocycles. The molecule has 2 aromatic rings. The van der Waals surface area contributed by atoms with Crippen LogP contribution in [0.3, 0.4) is 0 Å². The molecule has 1 unspecified atom stereocenters. The predicted octanol–water partition coefficient (Wildman–Crippen LogP) is 5.00. The summed E-state index contributed by atoms with van der Waals surface area (Å²) < 4.78 is 64.1. The molecular weight excluding hydrogens is 429 g/mol. The molecule has 0 saturated carbocycles. The van der Waals surface area contributed by atoms with Crippen molar-refractivity contribution >= 4 is 33.2 Å². The minimum atomic E-state index is -4.49. The quantitative estimate of drug-likeness (QED) is 0.625. The van der Waals surface area contributed by atoms with Crippen LogP contribution in [0.25, 0.3) is 0 Å². The molecule has 2 aromatic carbocycles. The zero-order valence-corrected chi connectivity index (χ0v) is 17.3. The number of carbonyl (C=O) groups is 1. The average molecular weight is 449 g/mol. The van der Waals surface area contributed by atoms with Crippen LogP contribution in [-0.2, 0) is 16.2 Å². The molecule has 0 aromatic heterocycles. The van der Waals surface area contributed by atoms with E-state index in [2.05, 4.69) is 10.0 Å². The number of rotatable bonds is 7. The number of hydrogen-bond acceptors (Lipinski definition) is 3. The number of hydrogen-bond donors (Lipinski definition) is 2. The van der Waals surface area contributed by atoms with E-state index in [9.17, 15) is 26.4 Å². The molecule has 0 spiro atoms. The van der Waals surface area contributed by atoms with Crippen molar-refractivity contribution in [1.82, 2.24) is 5.32 Å². The van der Waals surface area contributed by atoms with Gasteiger partial charge >= 0.3 is 6.18 Å². The molecule has 1 atom stereocenters. The highest BCUT2D eigenvalue weighted by atomic mass is 35.5. The lowest BCUT2D eigenvalue weighted by atomic mass is 9.99. The molecule has 2 N–H and O–H groups in total. The molecule has 0 aliphatic heterocycles. The van der Waals surface area contributed by atoms with Crippen LogP contribution in [0.2, 0.25) is 5.02 Å². The normalized spacial score (nSPS) is 13.0. The smallest absolute Gasteiger partial charge is 0.345 e. The Morgan fingerprint density at radius 1 is 1.17 bits per heavy atom. The first-order valence-electron chi connectivity index (χ1n) is 8.66. The van der Waals surface area contributed by atoms with Crippen molar-refractivity contribution in [1.29, 1.82) is 0 Å². The molecular formula is C19H20ClF3N2O3S. The van der Waals surface area contributed by atoms with E-state index >= 15 is 0 Å². The number of carbonyl (C=O) groups excluding carboxylic acids is 1. The zero-order chi connectivity index (χ0) is 21.8. The lowest BCUT2D eigenvalue weighted by Gasteiger charge is -2.20. The summed E-state index contributed by atoms with van der Waals surface area (Å²) in [6.07, 6.45) is -2.49. The Kier molecular flexibility index (Phi) is 7.18. The van der Waals surface area contributed by atoms with Gasteiger partial charge in [-0.25, -0.2) is 8.42 Å². The molecule has 0 radical (unpaired) electrons. The molecule has 0 bridgehead atoms. The van der Waals surface area contributed by atoms with Crippen LogP contribution < -0.4 is 10.0 Å². The topological polar surface area (TPSA) is 75.3 Å². The molecule has 0 aliphatic carbocycles. The maximum absolute atomic E-state index is 13.0. The van der Waals surface area contributed by atoms with Gasteiger partial charge in [0, 0.05) is 5.56 Å². The molecule has 158 valence electrons. The summed E-state index contributed by atoms with van der Waals surface area (Å²) in [6, 6.07) is 8.20. The van der Waals surface area contributed by atoms with Gasteiger partial charge in [-0.1, -0.05) is 37.1 Å². The van der Waals surface area contributed by atoms with Crippen LogP contribution in [0.15, 0.2) is 42.5 Å². The summed E-state index contributed by atoms with van der Waals surface area (Å²) in [5.74, 6) is -0.561. The van der Waals surface area contributed by atoms with Crippen molar-refractivity contribution in [2.24, 2.45) is 0 Å². The Morgan fingerprint density at radius 3 is 2.45 bits per heavy atom. The van der Waals surface area contributed by atoms with E-state index in [4.69, 9.17) is 11.6 Å². The van der Waals surface area contributed by atoms with Crippen molar-refractivity contribution in [2.45, 2.75) is 32.0 Å². The number of sulfonamides is 1. The summed E-state index contributed by atoms with van der Waals surface area (Å²) >= 11 is 5.95. The highest BCUT2D eigenvalue weighted by molar-refractivity contribution is 7.92. The van der Waals surface area contributed by atoms with Gasteiger partial charge in [0.25, 0.3) is 5.91 Å². The first-order chi connectivity index (χ1) is 13.4. The standard InChI is InChI=1S/C19H20ClF3N2O3S/c1-3-5-16(12-6-4-7-14(10-12)19(21,22)23)24-18(26)13-8-9-15(20)17(11-13)25-29(2,27)28/h4,6-11,16,25H,3,5H2,1-2H3,(H,24,26). The second kappa shape index (κ2) is 9.04. The number of nitrogens with one attached hydrogen (secondary N) is 2. The van der Waals surface area contributed by atoms with Crippen LogP contribution in [0.1, 0.15) is 47.3 Å². The zero-order valence-electron chi connectivity index (χ0n) is 15.7. The van der Waals surface area contributed by atoms with E-state index in [0.29, 0.717) is 18.4 Å². The van der Waals surface area contributed by atoms with Gasteiger partial charge in [-0.3, -0.25) is 9.52 Å². The van der Waals surface area contributed by atoms with Gasteiger partial charge < -0.3 is 5.32 Å². The van der Waals surface area contributed by atoms with Gasteiger partial charge in [-0.2, -0.15) is 13.2 Å². The number of halogens is 4. The van der Waals surface area contributed by atoms with E-state index in [-0.39, 0.29) is 16.3 Å². The van der Waals surface area contributed by atoms with Gasteiger partial charge in [0.05, 0.1) is 28.6 Å². The average Bonchev–Trinajstić information content (AvgIpc) is 2.61. The van der Waals surface area contributed by atoms with Crippen molar-refractivity contribution in [2.75, 3.05) is 11.0 Å². The van der Waals surface area contributed by atoms with Gasteiger partial charge in [0.15, 0.2) is 0 Å². The summed E-state index contributed by atoms with van der Waals surface area (Å²) in [5.41, 5.74) is -0.309. The third-order valence-corrected chi connectivity index (χ3v) is 4.94. The van der Waals surface area contributed by atoms with E-state index < -0.39 is 33.7 Å². The minimum Gasteiger partial charge on any atom is -0.345 e. The lowest BCUT2D eigenvalue weighted by molar-refractivity contribution is -0.137. The lowest BCUT2D eigenvalue weighted by Crippen LogP contribution is -2.29. The first-order valence-corrected chi connectivity index (χ1v) is 10.9. The number of amides is 1. The SMILES string of the molecule is CCCC(NC(=O)c1ccc(Cl)c(NS(C)(=O)=O)c1)c1cccc(C(F)(F)F)c1. The van der Waals surface area contributed by atoms with E-state index in [1.165, 1.54) is 30.3 Å².